The number of benzene rings is 3. The summed E-state index contributed by atoms with van der Waals surface area (Å²) in [5, 5.41) is 2.53. The summed E-state index contributed by atoms with van der Waals surface area (Å²) in [6.07, 6.45) is 2.03. The van der Waals surface area contributed by atoms with Crippen molar-refractivity contribution in [2.45, 2.75) is 103 Å². The Morgan fingerprint density at radius 2 is 1.50 bits per heavy atom. The van der Waals surface area contributed by atoms with E-state index in [0.29, 0.717) is 16.9 Å². The number of nitrogens with one attached hydrogen (secondary N) is 2. The predicted molar refractivity (Wildman–Crippen MR) is 207 cm³/mol. The standard InChI is InChI=1S/C40H47ClN6O4Si/c1-39(2,3)50-37(48)46-21-52(7,8)20-31(46)36-42-28-16-14-25-17-24(13-15-27(25)32(28)43-36)22-9-11-23(12-10-22)35-44-33(34(41)45-35)30-19-26-18-29(26)47(30)38(49)51-40(4,5)6/h9-17,26,29-31H,18-21H2,1-8H3,(H,42,43)(H,44,45)/t26-,29-,30+,31+/m1/s1. The van der Waals surface area contributed by atoms with Gasteiger partial charge in [-0.3, -0.25) is 4.90 Å². The van der Waals surface area contributed by atoms with E-state index in [-0.39, 0.29) is 30.3 Å². The van der Waals surface area contributed by atoms with Crippen LogP contribution in [-0.4, -0.2) is 73.4 Å². The minimum Gasteiger partial charge on any atom is -0.444 e. The number of likely N-dealkylation sites (tertiary alicyclic amines) is 1. The minimum atomic E-state index is -1.65. The van der Waals surface area contributed by atoms with Gasteiger partial charge in [-0.25, -0.2) is 19.6 Å². The maximum Gasteiger partial charge on any atom is 0.411 e. The largest absolute Gasteiger partial charge is 0.444 e. The Labute approximate surface area is 310 Å². The average molecular weight is 739 g/mol. The minimum absolute atomic E-state index is 0.135. The maximum atomic E-state index is 13.2. The summed E-state index contributed by atoms with van der Waals surface area (Å²) in [5.74, 6) is 1.96. The molecule has 0 radical (unpaired) electrons. The van der Waals surface area contributed by atoms with Gasteiger partial charge in [-0.05, 0) is 95.0 Å². The number of piperidine rings is 1. The van der Waals surface area contributed by atoms with Gasteiger partial charge in [0.05, 0.1) is 36.9 Å². The highest BCUT2D eigenvalue weighted by atomic mass is 35.5. The normalized spacial score (nSPS) is 22.6. The van der Waals surface area contributed by atoms with Gasteiger partial charge in [-0.2, -0.15) is 0 Å². The van der Waals surface area contributed by atoms with E-state index < -0.39 is 19.3 Å². The molecule has 0 bridgehead atoms. The molecule has 12 heteroatoms. The number of carbonyl (C=O) groups is 2. The first-order valence-corrected chi connectivity index (χ1v) is 22.0. The number of rotatable bonds is 4. The lowest BCUT2D eigenvalue weighted by molar-refractivity contribution is 0.0176. The SMILES string of the molecule is CC(C)(C)OC(=O)N1C[Si](C)(C)C[C@H]1c1nc2c(ccc3cc(-c4ccc(-c5nc(Cl)c([C@@H]6C[C@H]7C[C@H]7N6C(=O)OC(C)(C)C)[nH]5)cc4)ccc32)[nH]1. The Kier molecular flexibility index (Phi) is 8.07. The molecule has 4 heterocycles. The number of hydrogen-bond donors (Lipinski definition) is 2. The summed E-state index contributed by atoms with van der Waals surface area (Å²) in [6, 6.07) is 19.7. The molecule has 3 fully saturated rings. The number of fused-ring (bicyclic) bond motifs is 4. The number of halogens is 1. The Hall–Kier alpha value is -4.35. The first-order valence-electron chi connectivity index (χ1n) is 18.2. The Morgan fingerprint density at radius 3 is 2.21 bits per heavy atom. The van der Waals surface area contributed by atoms with Crippen LogP contribution in [0.3, 0.4) is 0 Å². The number of nitrogens with zero attached hydrogens (tertiary/aromatic N) is 4. The van der Waals surface area contributed by atoms with Gasteiger partial charge in [-0.1, -0.05) is 67.2 Å². The molecule has 2 amide bonds. The summed E-state index contributed by atoms with van der Waals surface area (Å²) in [6.45, 7) is 16.0. The van der Waals surface area contributed by atoms with Crippen molar-refractivity contribution >= 4 is 53.7 Å². The van der Waals surface area contributed by atoms with Crippen LogP contribution in [0, 0.1) is 5.92 Å². The second-order valence-corrected chi connectivity index (χ2v) is 23.0. The van der Waals surface area contributed by atoms with Gasteiger partial charge < -0.3 is 24.3 Å². The van der Waals surface area contributed by atoms with Crippen LogP contribution in [0.4, 0.5) is 9.59 Å². The highest BCUT2D eigenvalue weighted by Crippen LogP contribution is 2.54. The Balaban J connectivity index is 1.03. The monoisotopic (exact) mass is 738 g/mol. The second-order valence-electron chi connectivity index (χ2n) is 17.6. The molecule has 3 aromatic carbocycles. The van der Waals surface area contributed by atoms with Crippen LogP contribution < -0.4 is 0 Å². The van der Waals surface area contributed by atoms with Crippen LogP contribution >= 0.6 is 11.6 Å². The topological polar surface area (TPSA) is 116 Å². The Bertz CT molecular complexity index is 2220. The number of carbonyl (C=O) groups excluding carboxylic acids is 2. The predicted octanol–water partition coefficient (Wildman–Crippen LogP) is 10.0. The molecule has 52 heavy (non-hydrogen) atoms. The van der Waals surface area contributed by atoms with Gasteiger partial charge in [0.2, 0.25) is 0 Å². The number of hydrogen-bond acceptors (Lipinski definition) is 6. The quantitative estimate of drug-likeness (QED) is 0.177. The molecule has 2 N–H and O–H groups in total. The van der Waals surface area contributed by atoms with E-state index >= 15 is 0 Å². The molecule has 4 atom stereocenters. The second kappa shape index (κ2) is 12.1. The van der Waals surface area contributed by atoms with Crippen molar-refractivity contribution in [2.75, 3.05) is 6.17 Å². The Morgan fingerprint density at radius 1 is 0.827 bits per heavy atom. The molecule has 2 aromatic heterocycles. The van der Waals surface area contributed by atoms with Crippen molar-refractivity contribution in [2.24, 2.45) is 5.92 Å². The lowest BCUT2D eigenvalue weighted by atomic mass is 9.99. The van der Waals surface area contributed by atoms with E-state index in [0.717, 1.165) is 75.1 Å². The first kappa shape index (κ1) is 34.7. The lowest BCUT2D eigenvalue weighted by Gasteiger charge is -2.30. The molecule has 8 rings (SSSR count). The summed E-state index contributed by atoms with van der Waals surface area (Å²) in [7, 11) is -1.65. The summed E-state index contributed by atoms with van der Waals surface area (Å²) < 4.78 is 11.5. The van der Waals surface area contributed by atoms with Crippen molar-refractivity contribution in [3.8, 4) is 22.5 Å². The molecule has 272 valence electrons. The number of aromatic nitrogens is 4. The zero-order valence-electron chi connectivity index (χ0n) is 31.1. The van der Waals surface area contributed by atoms with Gasteiger partial charge in [0.15, 0.2) is 5.15 Å². The smallest absolute Gasteiger partial charge is 0.411 e. The molecular weight excluding hydrogens is 692 g/mol. The molecule has 0 spiro atoms. The third-order valence-corrected chi connectivity index (χ3v) is 13.3. The van der Waals surface area contributed by atoms with Gasteiger partial charge >= 0.3 is 12.2 Å². The highest BCUT2D eigenvalue weighted by Gasteiger charge is 2.56. The number of aromatic amines is 2. The van der Waals surface area contributed by atoms with E-state index in [1.54, 1.807) is 0 Å². The van der Waals surface area contributed by atoms with Crippen molar-refractivity contribution in [3.05, 3.63) is 71.3 Å². The van der Waals surface area contributed by atoms with Crippen LogP contribution in [0.2, 0.25) is 24.3 Å². The summed E-state index contributed by atoms with van der Waals surface area (Å²) in [4.78, 5) is 46.9. The average Bonchev–Trinajstić information content (AvgIpc) is 3.40. The van der Waals surface area contributed by atoms with Crippen LogP contribution in [-0.2, 0) is 9.47 Å². The molecule has 2 aliphatic heterocycles. The van der Waals surface area contributed by atoms with E-state index in [4.69, 9.17) is 26.1 Å². The summed E-state index contributed by atoms with van der Waals surface area (Å²) >= 11 is 6.71. The van der Waals surface area contributed by atoms with E-state index in [1.165, 1.54) is 0 Å². The third kappa shape index (κ3) is 6.57. The van der Waals surface area contributed by atoms with Crippen molar-refractivity contribution < 1.29 is 19.1 Å². The molecule has 1 saturated carbocycles. The fraction of sp³-hybridized carbons (Fsp3) is 0.450. The van der Waals surface area contributed by atoms with E-state index in [2.05, 4.69) is 70.5 Å². The van der Waals surface area contributed by atoms with Gasteiger partial charge in [-0.15, -0.1) is 0 Å². The molecular formula is C40H47ClN6O4Si. The highest BCUT2D eigenvalue weighted by molar-refractivity contribution is 6.78. The van der Waals surface area contributed by atoms with Gasteiger partial charge in [0, 0.05) is 23.2 Å². The number of ether oxygens (including phenoxy) is 2. The van der Waals surface area contributed by atoms with Gasteiger partial charge in [0.1, 0.15) is 22.9 Å². The van der Waals surface area contributed by atoms with Crippen LogP contribution in [0.5, 0.6) is 0 Å². The van der Waals surface area contributed by atoms with Crippen molar-refractivity contribution in [1.29, 1.82) is 0 Å². The molecule has 0 unspecified atom stereocenters. The number of imidazole rings is 2. The van der Waals surface area contributed by atoms with Crippen molar-refractivity contribution in [3.63, 3.8) is 0 Å². The van der Waals surface area contributed by atoms with E-state index in [9.17, 15) is 9.59 Å². The summed E-state index contributed by atoms with van der Waals surface area (Å²) in [5.41, 5.74) is 4.56. The van der Waals surface area contributed by atoms with E-state index in [1.807, 2.05) is 63.5 Å². The molecule has 10 nitrogen and oxygen atoms in total. The molecule has 3 aliphatic rings. The van der Waals surface area contributed by atoms with Crippen LogP contribution in [0.15, 0.2) is 54.6 Å². The zero-order valence-corrected chi connectivity index (χ0v) is 32.9. The maximum absolute atomic E-state index is 13.2. The lowest BCUT2D eigenvalue weighted by Crippen LogP contribution is -2.39. The molecule has 5 aromatic rings. The van der Waals surface area contributed by atoms with Crippen LogP contribution in [0.1, 0.15) is 78.0 Å². The first-order chi connectivity index (χ1) is 24.4. The fourth-order valence-electron chi connectivity index (χ4n) is 8.02. The third-order valence-electron chi connectivity index (χ3n) is 10.4. The molecule has 1 aliphatic carbocycles. The number of amides is 2. The van der Waals surface area contributed by atoms with Crippen LogP contribution in [0.25, 0.3) is 44.3 Å². The fourth-order valence-corrected chi connectivity index (χ4v) is 11.1. The van der Waals surface area contributed by atoms with Crippen molar-refractivity contribution in [1.82, 2.24) is 29.7 Å². The number of H-pyrrole nitrogens is 2. The van der Waals surface area contributed by atoms with Gasteiger partial charge in [0.25, 0.3) is 0 Å². The zero-order chi connectivity index (χ0) is 36.9. The molecule has 2 saturated heterocycles.